The normalized spacial score (nSPS) is 18.3. The number of rotatable bonds is 5. The van der Waals surface area contributed by atoms with Crippen LogP contribution in [0, 0.1) is 11.7 Å². The van der Waals surface area contributed by atoms with Crippen molar-refractivity contribution in [2.45, 2.75) is 32.1 Å². The first-order valence-electron chi connectivity index (χ1n) is 10.6. The number of nitrogens with two attached hydrogens (primary N) is 1. The zero-order valence-corrected chi connectivity index (χ0v) is 17.7. The number of benzene rings is 2. The molecule has 1 fully saturated rings. The summed E-state index contributed by atoms with van der Waals surface area (Å²) in [6.45, 7) is 6.35. The molecule has 30 heavy (non-hydrogen) atoms. The maximum absolute atomic E-state index is 14.9. The topological polar surface area (TPSA) is 47.6 Å². The van der Waals surface area contributed by atoms with E-state index in [1.54, 1.807) is 6.07 Å². The molecule has 0 unspecified atom stereocenters. The third-order valence-corrected chi connectivity index (χ3v) is 6.21. The summed E-state index contributed by atoms with van der Waals surface area (Å²) < 4.78 is 20.3. The van der Waals surface area contributed by atoms with Crippen LogP contribution in [0.15, 0.2) is 76.9 Å². The second kappa shape index (κ2) is 8.57. The fourth-order valence-electron chi connectivity index (χ4n) is 4.18. The summed E-state index contributed by atoms with van der Waals surface area (Å²) in [6, 6.07) is 15.1. The predicted molar refractivity (Wildman–Crippen MR) is 121 cm³/mol. The molecule has 2 aliphatic heterocycles. The highest BCUT2D eigenvalue weighted by molar-refractivity contribution is 6.05. The number of hydrogen-bond donors (Lipinski definition) is 1. The van der Waals surface area contributed by atoms with Crippen molar-refractivity contribution in [1.82, 2.24) is 0 Å². The van der Waals surface area contributed by atoms with Crippen LogP contribution in [0.3, 0.4) is 0 Å². The van der Waals surface area contributed by atoms with Crippen LogP contribution >= 0.6 is 0 Å². The highest BCUT2D eigenvalue weighted by Gasteiger charge is 2.29. The lowest BCUT2D eigenvalue weighted by Gasteiger charge is -2.25. The third-order valence-electron chi connectivity index (χ3n) is 6.21. The van der Waals surface area contributed by atoms with Crippen molar-refractivity contribution in [1.29, 1.82) is 0 Å². The van der Waals surface area contributed by atoms with E-state index < -0.39 is 0 Å². The van der Waals surface area contributed by atoms with Crippen molar-refractivity contribution in [2.24, 2.45) is 16.6 Å². The molecule has 1 saturated heterocycles. The first-order valence-corrected chi connectivity index (χ1v) is 10.6. The van der Waals surface area contributed by atoms with Gasteiger partial charge in [-0.25, -0.2) is 4.39 Å². The maximum atomic E-state index is 14.9. The fraction of sp³-hybridized carbons (Fsp3) is 0.346. The highest BCUT2D eigenvalue weighted by atomic mass is 19.1. The Bertz CT molecular complexity index is 999. The molecule has 4 heteroatoms. The van der Waals surface area contributed by atoms with Crippen molar-refractivity contribution in [3.8, 4) is 11.1 Å². The van der Waals surface area contributed by atoms with Crippen LogP contribution in [-0.4, -0.2) is 25.5 Å². The van der Waals surface area contributed by atoms with Crippen LogP contribution in [0.4, 0.5) is 4.39 Å². The molecule has 2 N–H and O–H groups in total. The third kappa shape index (κ3) is 4.24. The minimum absolute atomic E-state index is 0.210. The number of hydrogen-bond acceptors (Lipinski definition) is 3. The van der Waals surface area contributed by atoms with Crippen molar-refractivity contribution < 1.29 is 9.13 Å². The van der Waals surface area contributed by atoms with Crippen LogP contribution in [0.5, 0.6) is 0 Å². The van der Waals surface area contributed by atoms with Gasteiger partial charge in [-0.3, -0.25) is 4.99 Å². The quantitative estimate of drug-likeness (QED) is 0.723. The van der Waals surface area contributed by atoms with Crippen molar-refractivity contribution in [3.05, 3.63) is 83.3 Å². The molecule has 0 atom stereocenters. The molecule has 0 aromatic heterocycles. The highest BCUT2D eigenvalue weighted by Crippen LogP contribution is 2.33. The standard InChI is InChI=1S/C26H29FN2O/c1-26(2,21-8-9-22(23(27)16-21)19-6-4-3-5-7-19)25-15-18(17-29-25)14-24(28)20-10-12-30-13-11-20/h3-9,14-16,20H,10-13,17,28H2,1-2H3/b24-14+. The second-order valence-electron chi connectivity index (χ2n) is 8.64. The van der Waals surface area contributed by atoms with E-state index in [1.165, 1.54) is 0 Å². The van der Waals surface area contributed by atoms with Crippen LogP contribution in [-0.2, 0) is 10.2 Å². The van der Waals surface area contributed by atoms with Gasteiger partial charge in [0.1, 0.15) is 5.82 Å². The van der Waals surface area contributed by atoms with E-state index in [0.29, 0.717) is 18.0 Å². The largest absolute Gasteiger partial charge is 0.402 e. The molecule has 0 bridgehead atoms. The first kappa shape index (κ1) is 20.5. The van der Waals surface area contributed by atoms with E-state index >= 15 is 0 Å². The summed E-state index contributed by atoms with van der Waals surface area (Å²) in [4.78, 5) is 4.75. The molecule has 2 heterocycles. The smallest absolute Gasteiger partial charge is 0.131 e. The Balaban J connectivity index is 1.54. The summed E-state index contributed by atoms with van der Waals surface area (Å²) in [5.41, 5.74) is 11.4. The zero-order valence-electron chi connectivity index (χ0n) is 17.7. The summed E-state index contributed by atoms with van der Waals surface area (Å²) in [7, 11) is 0. The molecule has 0 amide bonds. The minimum Gasteiger partial charge on any atom is -0.402 e. The van der Waals surface area contributed by atoms with Crippen LogP contribution in [0.2, 0.25) is 0 Å². The first-order chi connectivity index (χ1) is 14.4. The average molecular weight is 405 g/mol. The number of nitrogens with zero attached hydrogens (tertiary/aromatic N) is 1. The van der Waals surface area contributed by atoms with E-state index in [2.05, 4.69) is 26.0 Å². The average Bonchev–Trinajstić information content (AvgIpc) is 3.24. The van der Waals surface area contributed by atoms with Gasteiger partial charge in [-0.1, -0.05) is 56.3 Å². The molecule has 0 spiro atoms. The predicted octanol–water partition coefficient (Wildman–Crippen LogP) is 5.42. The van der Waals surface area contributed by atoms with Gasteiger partial charge >= 0.3 is 0 Å². The van der Waals surface area contributed by atoms with Gasteiger partial charge in [0.05, 0.1) is 6.54 Å². The Labute approximate surface area is 178 Å². The van der Waals surface area contributed by atoms with Gasteiger partial charge in [-0.2, -0.15) is 0 Å². The van der Waals surface area contributed by atoms with Crippen molar-refractivity contribution in [2.75, 3.05) is 19.8 Å². The Morgan fingerprint density at radius 3 is 2.57 bits per heavy atom. The summed E-state index contributed by atoms with van der Waals surface area (Å²) >= 11 is 0. The molecule has 156 valence electrons. The van der Waals surface area contributed by atoms with Crippen molar-refractivity contribution >= 4 is 5.71 Å². The van der Waals surface area contributed by atoms with Gasteiger partial charge in [0.25, 0.3) is 0 Å². The maximum Gasteiger partial charge on any atom is 0.131 e. The molecule has 0 saturated carbocycles. The van der Waals surface area contributed by atoms with Crippen LogP contribution < -0.4 is 5.73 Å². The lowest BCUT2D eigenvalue weighted by atomic mass is 9.79. The number of allylic oxidation sites excluding steroid dienone is 2. The number of aliphatic imine (C=N–C) groups is 1. The van der Waals surface area contributed by atoms with E-state index in [0.717, 1.165) is 54.2 Å². The summed E-state index contributed by atoms with van der Waals surface area (Å²) in [6.07, 6.45) is 6.13. The lowest BCUT2D eigenvalue weighted by molar-refractivity contribution is 0.0754. The van der Waals surface area contributed by atoms with Crippen LogP contribution in [0.25, 0.3) is 11.1 Å². The van der Waals surface area contributed by atoms with Gasteiger partial charge in [-0.15, -0.1) is 0 Å². The molecule has 2 aromatic rings. The minimum atomic E-state index is -0.390. The van der Waals surface area contributed by atoms with Crippen LogP contribution in [0.1, 0.15) is 32.3 Å². The number of ether oxygens (including phenoxy) is 1. The second-order valence-corrected chi connectivity index (χ2v) is 8.64. The Morgan fingerprint density at radius 1 is 1.13 bits per heavy atom. The van der Waals surface area contributed by atoms with E-state index in [4.69, 9.17) is 15.5 Å². The van der Waals surface area contributed by atoms with Crippen molar-refractivity contribution in [3.63, 3.8) is 0 Å². The molecule has 4 rings (SSSR count). The lowest BCUT2D eigenvalue weighted by Crippen LogP contribution is -2.27. The molecule has 0 radical (unpaired) electrons. The SMILES string of the molecule is CC(C)(C1=NCC(/C=C(/N)C2CCOCC2)=C1)c1ccc(-c2ccccc2)c(F)c1. The molecule has 2 aliphatic rings. The Hall–Kier alpha value is -2.72. The molecular weight excluding hydrogens is 375 g/mol. The monoisotopic (exact) mass is 404 g/mol. The molecule has 3 nitrogen and oxygen atoms in total. The summed E-state index contributed by atoms with van der Waals surface area (Å²) in [5, 5.41) is 0. The summed E-state index contributed by atoms with van der Waals surface area (Å²) in [5.74, 6) is 0.176. The van der Waals surface area contributed by atoms with E-state index in [-0.39, 0.29) is 11.2 Å². The molecule has 0 aliphatic carbocycles. The Kier molecular flexibility index (Phi) is 5.87. The van der Waals surface area contributed by atoms with Gasteiger partial charge in [0.2, 0.25) is 0 Å². The fourth-order valence-corrected chi connectivity index (χ4v) is 4.18. The Morgan fingerprint density at radius 2 is 1.87 bits per heavy atom. The zero-order chi connectivity index (χ0) is 21.1. The van der Waals surface area contributed by atoms with Gasteiger partial charge in [-0.05, 0) is 47.8 Å². The van der Waals surface area contributed by atoms with Gasteiger partial charge in [0.15, 0.2) is 0 Å². The van der Waals surface area contributed by atoms with E-state index in [1.807, 2.05) is 42.5 Å². The van der Waals surface area contributed by atoms with Gasteiger partial charge in [0, 0.05) is 41.5 Å². The van der Waals surface area contributed by atoms with E-state index in [9.17, 15) is 4.39 Å². The van der Waals surface area contributed by atoms with Gasteiger partial charge < -0.3 is 10.5 Å². The molecule has 2 aromatic carbocycles. The molecular formula is C26H29FN2O. The number of halogens is 1.